The first kappa shape index (κ1) is 14.4. The summed E-state index contributed by atoms with van der Waals surface area (Å²) in [6.07, 6.45) is 4.31. The second kappa shape index (κ2) is 5.45. The lowest BCUT2D eigenvalue weighted by Gasteiger charge is -2.02. The number of furan rings is 1. The molecular weight excluding hydrogens is 310 g/mol. The van der Waals surface area contributed by atoms with Crippen LogP contribution in [0.15, 0.2) is 22.8 Å². The molecule has 1 amide bonds. The molecule has 2 heterocycles. The molecule has 0 radical (unpaired) electrons. The Morgan fingerprint density at radius 3 is 2.96 bits per heavy atom. The number of aromatic nitrogens is 2. The SMILES string of the molecule is Cc1ccc2c(CC(=O)Nc3nnc(C4CC4)s3)coc2c1C. The molecule has 4 rings (SSSR count). The van der Waals surface area contributed by atoms with Gasteiger partial charge < -0.3 is 9.73 Å². The van der Waals surface area contributed by atoms with E-state index in [2.05, 4.69) is 28.5 Å². The number of carbonyl (C=O) groups is 1. The standard InChI is InChI=1S/C17H17N3O2S/c1-9-3-6-13-12(8-22-15(13)10(9)2)7-14(21)18-17-20-19-16(23-17)11-4-5-11/h3,6,8,11H,4-5,7H2,1-2H3,(H,18,20,21). The Kier molecular flexibility index (Phi) is 3.41. The molecular formula is C17H17N3O2S. The maximum Gasteiger partial charge on any atom is 0.230 e. The minimum Gasteiger partial charge on any atom is -0.464 e. The van der Waals surface area contributed by atoms with E-state index in [1.165, 1.54) is 29.7 Å². The van der Waals surface area contributed by atoms with Crippen molar-refractivity contribution in [2.45, 2.75) is 39.0 Å². The summed E-state index contributed by atoms with van der Waals surface area (Å²) < 4.78 is 5.65. The average Bonchev–Trinajstić information content (AvgIpc) is 3.15. The molecule has 2 aromatic heterocycles. The van der Waals surface area contributed by atoms with Gasteiger partial charge in [0.2, 0.25) is 11.0 Å². The lowest BCUT2D eigenvalue weighted by Crippen LogP contribution is -2.14. The molecule has 3 aromatic rings. The maximum absolute atomic E-state index is 12.3. The smallest absolute Gasteiger partial charge is 0.230 e. The molecule has 1 aliphatic carbocycles. The van der Waals surface area contributed by atoms with Crippen molar-refractivity contribution in [1.29, 1.82) is 0 Å². The highest BCUT2D eigenvalue weighted by molar-refractivity contribution is 7.15. The quantitative estimate of drug-likeness (QED) is 0.787. The number of hydrogen-bond donors (Lipinski definition) is 1. The van der Waals surface area contributed by atoms with Gasteiger partial charge in [-0.25, -0.2) is 0 Å². The van der Waals surface area contributed by atoms with E-state index in [-0.39, 0.29) is 12.3 Å². The Hall–Kier alpha value is -2.21. The van der Waals surface area contributed by atoms with Crippen molar-refractivity contribution in [3.05, 3.63) is 40.1 Å². The molecule has 1 aliphatic rings. The molecule has 0 aliphatic heterocycles. The van der Waals surface area contributed by atoms with Gasteiger partial charge in [-0.3, -0.25) is 4.79 Å². The minimum absolute atomic E-state index is 0.0931. The Balaban J connectivity index is 1.50. The third kappa shape index (κ3) is 2.74. The maximum atomic E-state index is 12.3. The molecule has 23 heavy (non-hydrogen) atoms. The van der Waals surface area contributed by atoms with E-state index in [4.69, 9.17) is 4.42 Å². The van der Waals surface area contributed by atoms with Crippen LogP contribution in [-0.2, 0) is 11.2 Å². The zero-order valence-electron chi connectivity index (χ0n) is 13.0. The Labute approximate surface area is 137 Å². The van der Waals surface area contributed by atoms with E-state index in [0.717, 1.165) is 27.1 Å². The van der Waals surface area contributed by atoms with Gasteiger partial charge in [0.25, 0.3) is 0 Å². The van der Waals surface area contributed by atoms with Crippen LogP contribution in [0.1, 0.15) is 40.5 Å². The third-order valence-electron chi connectivity index (χ3n) is 4.31. The molecule has 1 aromatic carbocycles. The number of rotatable bonds is 4. The number of aryl methyl sites for hydroxylation is 2. The number of nitrogens with one attached hydrogen (secondary N) is 1. The number of amides is 1. The molecule has 0 saturated heterocycles. The average molecular weight is 327 g/mol. The molecule has 0 unspecified atom stereocenters. The molecule has 6 heteroatoms. The van der Waals surface area contributed by atoms with E-state index < -0.39 is 0 Å². The fourth-order valence-electron chi connectivity index (χ4n) is 2.64. The number of benzene rings is 1. The summed E-state index contributed by atoms with van der Waals surface area (Å²) >= 11 is 1.47. The van der Waals surface area contributed by atoms with Gasteiger partial charge in [-0.1, -0.05) is 23.5 Å². The van der Waals surface area contributed by atoms with Crippen LogP contribution in [0.4, 0.5) is 5.13 Å². The van der Waals surface area contributed by atoms with E-state index >= 15 is 0 Å². The van der Waals surface area contributed by atoms with Crippen LogP contribution < -0.4 is 5.32 Å². The zero-order chi connectivity index (χ0) is 16.0. The van der Waals surface area contributed by atoms with E-state index in [1.807, 2.05) is 13.0 Å². The molecule has 1 N–H and O–H groups in total. The predicted octanol–water partition coefficient (Wildman–Crippen LogP) is 3.96. The van der Waals surface area contributed by atoms with Gasteiger partial charge in [-0.15, -0.1) is 10.2 Å². The Morgan fingerprint density at radius 2 is 2.17 bits per heavy atom. The fraction of sp³-hybridized carbons (Fsp3) is 0.353. The van der Waals surface area contributed by atoms with Crippen LogP contribution in [0.2, 0.25) is 0 Å². The molecule has 0 spiro atoms. The van der Waals surface area contributed by atoms with Crippen LogP contribution >= 0.6 is 11.3 Å². The summed E-state index contributed by atoms with van der Waals surface area (Å²) in [5, 5.41) is 13.6. The molecule has 0 bridgehead atoms. The molecule has 5 nitrogen and oxygen atoms in total. The summed E-state index contributed by atoms with van der Waals surface area (Å²) in [6, 6.07) is 4.07. The summed E-state index contributed by atoms with van der Waals surface area (Å²) in [7, 11) is 0. The van der Waals surface area contributed by atoms with Crippen molar-refractivity contribution < 1.29 is 9.21 Å². The lowest BCUT2D eigenvalue weighted by molar-refractivity contribution is -0.115. The monoisotopic (exact) mass is 327 g/mol. The number of fused-ring (bicyclic) bond motifs is 1. The van der Waals surface area contributed by atoms with E-state index in [0.29, 0.717) is 11.0 Å². The van der Waals surface area contributed by atoms with Gasteiger partial charge >= 0.3 is 0 Å². The van der Waals surface area contributed by atoms with Crippen LogP contribution in [-0.4, -0.2) is 16.1 Å². The van der Waals surface area contributed by atoms with Crippen molar-refractivity contribution in [1.82, 2.24) is 10.2 Å². The van der Waals surface area contributed by atoms with E-state index in [9.17, 15) is 4.79 Å². The first-order chi connectivity index (χ1) is 11.1. The minimum atomic E-state index is -0.0931. The first-order valence-corrected chi connectivity index (χ1v) is 8.53. The second-order valence-corrected chi connectivity index (χ2v) is 7.10. The second-order valence-electron chi connectivity index (χ2n) is 6.09. The lowest BCUT2D eigenvalue weighted by atomic mass is 10.0. The van der Waals surface area contributed by atoms with Crippen molar-refractivity contribution in [2.24, 2.45) is 0 Å². The molecule has 0 atom stereocenters. The van der Waals surface area contributed by atoms with Crippen molar-refractivity contribution in [3.63, 3.8) is 0 Å². The largest absolute Gasteiger partial charge is 0.464 e. The van der Waals surface area contributed by atoms with Crippen LogP contribution in [0.3, 0.4) is 0 Å². The van der Waals surface area contributed by atoms with Crippen LogP contribution in [0, 0.1) is 13.8 Å². The van der Waals surface area contributed by atoms with Gasteiger partial charge in [-0.2, -0.15) is 0 Å². The first-order valence-electron chi connectivity index (χ1n) is 7.71. The fourth-order valence-corrected chi connectivity index (χ4v) is 3.57. The number of carbonyl (C=O) groups excluding carboxylic acids is 1. The zero-order valence-corrected chi connectivity index (χ0v) is 13.9. The molecule has 1 fully saturated rings. The highest BCUT2D eigenvalue weighted by Crippen LogP contribution is 2.42. The topological polar surface area (TPSA) is 68.0 Å². The van der Waals surface area contributed by atoms with Crippen LogP contribution in [0.25, 0.3) is 11.0 Å². The molecule has 118 valence electrons. The highest BCUT2D eigenvalue weighted by atomic mass is 32.1. The van der Waals surface area contributed by atoms with Crippen LogP contribution in [0.5, 0.6) is 0 Å². The summed E-state index contributed by atoms with van der Waals surface area (Å²) in [5.74, 6) is 0.464. The highest BCUT2D eigenvalue weighted by Gasteiger charge is 2.27. The summed E-state index contributed by atoms with van der Waals surface area (Å²) in [6.45, 7) is 4.09. The van der Waals surface area contributed by atoms with Gasteiger partial charge in [0.1, 0.15) is 10.6 Å². The Morgan fingerprint density at radius 1 is 1.35 bits per heavy atom. The number of hydrogen-bond acceptors (Lipinski definition) is 5. The van der Waals surface area contributed by atoms with Gasteiger partial charge in [0, 0.05) is 16.9 Å². The number of anilines is 1. The van der Waals surface area contributed by atoms with Crippen molar-refractivity contribution >= 4 is 33.3 Å². The van der Waals surface area contributed by atoms with Crippen molar-refractivity contribution in [3.8, 4) is 0 Å². The molecule has 1 saturated carbocycles. The predicted molar refractivity (Wildman–Crippen MR) is 89.9 cm³/mol. The van der Waals surface area contributed by atoms with Gasteiger partial charge in [0.05, 0.1) is 12.7 Å². The van der Waals surface area contributed by atoms with Gasteiger partial charge in [-0.05, 0) is 37.8 Å². The van der Waals surface area contributed by atoms with Gasteiger partial charge in [0.15, 0.2) is 0 Å². The summed E-state index contributed by atoms with van der Waals surface area (Å²) in [5.41, 5.74) is 4.06. The summed E-state index contributed by atoms with van der Waals surface area (Å²) in [4.78, 5) is 12.3. The Bertz CT molecular complexity index is 893. The van der Waals surface area contributed by atoms with Crippen molar-refractivity contribution in [2.75, 3.05) is 5.32 Å². The normalized spacial score (nSPS) is 14.3. The third-order valence-corrected chi connectivity index (χ3v) is 5.31. The number of nitrogens with zero attached hydrogens (tertiary/aromatic N) is 2. The van der Waals surface area contributed by atoms with E-state index in [1.54, 1.807) is 6.26 Å².